The molecule has 82 valence electrons. The summed E-state index contributed by atoms with van der Waals surface area (Å²) in [4.78, 5) is 28.0. The average molecular weight is 209 g/mol. The summed E-state index contributed by atoms with van der Waals surface area (Å²) in [5, 5.41) is 0. The highest BCUT2D eigenvalue weighted by molar-refractivity contribution is 5.75. The summed E-state index contributed by atoms with van der Waals surface area (Å²) in [6, 6.07) is 1.76. The molecule has 0 spiro atoms. The Kier molecular flexibility index (Phi) is 3.60. The largest absolute Gasteiger partial charge is 0.347 e. The second-order valence-electron chi connectivity index (χ2n) is 3.63. The molecule has 15 heavy (non-hydrogen) atoms. The SMILES string of the molecule is CC(C)N(C)C(=O)Cn1cccnc1=O. The lowest BCUT2D eigenvalue weighted by molar-refractivity contribution is -0.132. The summed E-state index contributed by atoms with van der Waals surface area (Å²) in [5.74, 6) is -0.0971. The van der Waals surface area contributed by atoms with Crippen molar-refractivity contribution >= 4 is 5.91 Å². The van der Waals surface area contributed by atoms with Crippen molar-refractivity contribution in [2.75, 3.05) is 7.05 Å². The topological polar surface area (TPSA) is 55.2 Å². The van der Waals surface area contributed by atoms with E-state index in [-0.39, 0.29) is 18.5 Å². The minimum absolute atomic E-state index is 0.0430. The number of carbonyl (C=O) groups excluding carboxylic acids is 1. The third-order valence-electron chi connectivity index (χ3n) is 2.26. The highest BCUT2D eigenvalue weighted by Crippen LogP contribution is 1.95. The smallest absolute Gasteiger partial charge is 0.342 e. The van der Waals surface area contributed by atoms with E-state index in [0.29, 0.717) is 0 Å². The number of carbonyl (C=O) groups is 1. The lowest BCUT2D eigenvalue weighted by Gasteiger charge is -2.21. The number of aromatic nitrogens is 2. The molecule has 0 fully saturated rings. The Hall–Kier alpha value is -1.65. The first-order valence-electron chi connectivity index (χ1n) is 4.79. The average Bonchev–Trinajstić information content (AvgIpc) is 2.20. The number of likely N-dealkylation sites (N-methyl/N-ethyl adjacent to an activating group) is 1. The maximum Gasteiger partial charge on any atom is 0.347 e. The monoisotopic (exact) mass is 209 g/mol. The normalized spacial score (nSPS) is 10.4. The van der Waals surface area contributed by atoms with Crippen LogP contribution in [0.4, 0.5) is 0 Å². The molecule has 0 saturated carbocycles. The van der Waals surface area contributed by atoms with Crippen molar-refractivity contribution in [2.24, 2.45) is 0 Å². The van der Waals surface area contributed by atoms with Gasteiger partial charge in [-0.1, -0.05) is 0 Å². The molecule has 0 aromatic carbocycles. The Bertz CT molecular complexity index is 398. The summed E-state index contributed by atoms with van der Waals surface area (Å²) < 4.78 is 1.29. The van der Waals surface area contributed by atoms with Gasteiger partial charge in [-0.15, -0.1) is 0 Å². The second-order valence-corrected chi connectivity index (χ2v) is 3.63. The van der Waals surface area contributed by atoms with E-state index in [0.717, 1.165) is 0 Å². The molecule has 1 aromatic rings. The summed E-state index contributed by atoms with van der Waals surface area (Å²) in [6.45, 7) is 3.88. The van der Waals surface area contributed by atoms with Crippen LogP contribution in [0.15, 0.2) is 23.3 Å². The Morgan fingerprint density at radius 2 is 2.27 bits per heavy atom. The van der Waals surface area contributed by atoms with Crippen LogP contribution in [0.5, 0.6) is 0 Å². The maximum absolute atomic E-state index is 11.6. The molecule has 0 atom stereocenters. The van der Waals surface area contributed by atoms with E-state index in [4.69, 9.17) is 0 Å². The van der Waals surface area contributed by atoms with Crippen molar-refractivity contribution in [3.8, 4) is 0 Å². The van der Waals surface area contributed by atoms with Crippen LogP contribution in [0, 0.1) is 0 Å². The van der Waals surface area contributed by atoms with E-state index < -0.39 is 5.69 Å². The maximum atomic E-state index is 11.6. The van der Waals surface area contributed by atoms with Crippen molar-refractivity contribution in [3.05, 3.63) is 28.9 Å². The van der Waals surface area contributed by atoms with Gasteiger partial charge in [0.1, 0.15) is 6.54 Å². The fourth-order valence-electron chi connectivity index (χ4n) is 1.05. The predicted molar refractivity (Wildman–Crippen MR) is 56.4 cm³/mol. The van der Waals surface area contributed by atoms with Crippen molar-refractivity contribution in [1.29, 1.82) is 0 Å². The van der Waals surface area contributed by atoms with Gasteiger partial charge in [-0.25, -0.2) is 9.78 Å². The molecule has 0 aliphatic carbocycles. The minimum Gasteiger partial charge on any atom is -0.342 e. The molecule has 0 aliphatic rings. The van der Waals surface area contributed by atoms with E-state index >= 15 is 0 Å². The number of rotatable bonds is 3. The second kappa shape index (κ2) is 4.72. The Morgan fingerprint density at radius 1 is 1.60 bits per heavy atom. The fourth-order valence-corrected chi connectivity index (χ4v) is 1.05. The van der Waals surface area contributed by atoms with Gasteiger partial charge in [0.05, 0.1) is 0 Å². The van der Waals surface area contributed by atoms with Crippen LogP contribution in [0.2, 0.25) is 0 Å². The number of hydrogen-bond donors (Lipinski definition) is 0. The highest BCUT2D eigenvalue weighted by atomic mass is 16.2. The fraction of sp³-hybridized carbons (Fsp3) is 0.500. The Labute approximate surface area is 88.4 Å². The zero-order valence-corrected chi connectivity index (χ0v) is 9.17. The quantitative estimate of drug-likeness (QED) is 0.710. The molecule has 1 rings (SSSR count). The number of amides is 1. The minimum atomic E-state index is -0.400. The third kappa shape index (κ3) is 2.90. The Morgan fingerprint density at radius 3 is 2.80 bits per heavy atom. The molecule has 0 saturated heterocycles. The van der Waals surface area contributed by atoms with Crippen LogP contribution in [0.3, 0.4) is 0 Å². The predicted octanol–water partition coefficient (Wildman–Crippen LogP) is 0.110. The molecule has 1 amide bonds. The standard InChI is InChI=1S/C10H15N3O2/c1-8(2)12(3)9(14)7-13-6-4-5-11-10(13)15/h4-6,8H,7H2,1-3H3. The van der Waals surface area contributed by atoms with E-state index in [9.17, 15) is 9.59 Å². The molecular weight excluding hydrogens is 194 g/mol. The molecule has 0 radical (unpaired) electrons. The molecule has 5 heteroatoms. The molecule has 0 unspecified atom stereocenters. The van der Waals surface area contributed by atoms with Crippen molar-refractivity contribution in [2.45, 2.75) is 26.4 Å². The molecule has 1 aromatic heterocycles. The van der Waals surface area contributed by atoms with Crippen LogP contribution in [0.25, 0.3) is 0 Å². The van der Waals surface area contributed by atoms with Crippen LogP contribution in [-0.4, -0.2) is 33.4 Å². The lowest BCUT2D eigenvalue weighted by atomic mass is 10.3. The van der Waals surface area contributed by atoms with Gasteiger partial charge in [-0.2, -0.15) is 0 Å². The van der Waals surface area contributed by atoms with Gasteiger partial charge in [-0.3, -0.25) is 9.36 Å². The number of nitrogens with zero attached hydrogens (tertiary/aromatic N) is 3. The zero-order valence-electron chi connectivity index (χ0n) is 9.17. The first kappa shape index (κ1) is 11.4. The van der Waals surface area contributed by atoms with E-state index in [1.807, 2.05) is 13.8 Å². The lowest BCUT2D eigenvalue weighted by Crippen LogP contribution is -2.38. The van der Waals surface area contributed by atoms with Crippen LogP contribution in [-0.2, 0) is 11.3 Å². The molecular formula is C10H15N3O2. The summed E-state index contributed by atoms with van der Waals surface area (Å²) >= 11 is 0. The summed E-state index contributed by atoms with van der Waals surface area (Å²) in [7, 11) is 1.72. The van der Waals surface area contributed by atoms with Crippen LogP contribution >= 0.6 is 0 Å². The van der Waals surface area contributed by atoms with Crippen molar-refractivity contribution < 1.29 is 4.79 Å². The Balaban J connectivity index is 2.75. The third-order valence-corrected chi connectivity index (χ3v) is 2.26. The van der Waals surface area contributed by atoms with Gasteiger partial charge in [0.2, 0.25) is 5.91 Å². The molecule has 0 bridgehead atoms. The van der Waals surface area contributed by atoms with Gasteiger partial charge >= 0.3 is 5.69 Å². The molecule has 1 heterocycles. The molecule has 5 nitrogen and oxygen atoms in total. The van der Waals surface area contributed by atoms with Crippen LogP contribution < -0.4 is 5.69 Å². The van der Waals surface area contributed by atoms with E-state index in [1.54, 1.807) is 24.2 Å². The molecule has 0 aliphatic heterocycles. The zero-order chi connectivity index (χ0) is 11.4. The number of hydrogen-bond acceptors (Lipinski definition) is 3. The van der Waals surface area contributed by atoms with Gasteiger partial charge in [-0.05, 0) is 19.9 Å². The molecule has 0 N–H and O–H groups in total. The summed E-state index contributed by atoms with van der Waals surface area (Å²) in [6.07, 6.45) is 2.97. The van der Waals surface area contributed by atoms with Crippen LogP contribution in [0.1, 0.15) is 13.8 Å². The van der Waals surface area contributed by atoms with Gasteiger partial charge < -0.3 is 4.90 Å². The van der Waals surface area contributed by atoms with Crippen molar-refractivity contribution in [3.63, 3.8) is 0 Å². The summed E-state index contributed by atoms with van der Waals surface area (Å²) in [5.41, 5.74) is -0.400. The van der Waals surface area contributed by atoms with Gasteiger partial charge in [0, 0.05) is 25.5 Å². The van der Waals surface area contributed by atoms with E-state index in [1.165, 1.54) is 10.8 Å². The van der Waals surface area contributed by atoms with E-state index in [2.05, 4.69) is 4.98 Å². The van der Waals surface area contributed by atoms with Gasteiger partial charge in [0.15, 0.2) is 0 Å². The highest BCUT2D eigenvalue weighted by Gasteiger charge is 2.12. The first-order valence-corrected chi connectivity index (χ1v) is 4.79. The van der Waals surface area contributed by atoms with Gasteiger partial charge in [0.25, 0.3) is 0 Å². The first-order chi connectivity index (χ1) is 7.02. The van der Waals surface area contributed by atoms with Crippen molar-refractivity contribution in [1.82, 2.24) is 14.5 Å².